The number of fused-ring (bicyclic) bond motifs is 2. The van der Waals surface area contributed by atoms with Crippen molar-refractivity contribution in [2.45, 2.75) is 25.4 Å². The van der Waals surface area contributed by atoms with E-state index in [4.69, 9.17) is 14.7 Å². The average Bonchev–Trinajstić information content (AvgIpc) is 3.54. The number of anilines is 1. The Kier molecular flexibility index (Phi) is 6.66. The first-order chi connectivity index (χ1) is 17.9. The topological polar surface area (TPSA) is 94.7 Å². The van der Waals surface area contributed by atoms with E-state index in [-0.39, 0.29) is 6.04 Å². The lowest BCUT2D eigenvalue weighted by Crippen LogP contribution is -2.44. The summed E-state index contributed by atoms with van der Waals surface area (Å²) in [6, 6.07) is 10.6. The molecule has 0 aliphatic carbocycles. The molecule has 0 amide bonds. The molecule has 11 heteroatoms. The van der Waals surface area contributed by atoms with Crippen LogP contribution in [0.3, 0.4) is 0 Å². The van der Waals surface area contributed by atoms with Crippen LogP contribution in [0.5, 0.6) is 0 Å². The standard InChI is InChI=1S/C26H32N6O3S2/c1-30(37(2,33)34)18-7-10-31(11-8-18)17-19-16-23-24(36-19)26(32-12-14-35-15-13-32)29-25(28-23)21-4-3-5-22-20(21)6-9-27-22/h3-6,9,16,18,27H,7-8,10-15,17H2,1-2H3. The number of morpholine rings is 1. The van der Waals surface area contributed by atoms with Crippen LogP contribution in [0.25, 0.3) is 32.5 Å². The molecule has 0 radical (unpaired) electrons. The maximum Gasteiger partial charge on any atom is 0.211 e. The van der Waals surface area contributed by atoms with Gasteiger partial charge in [-0.25, -0.2) is 22.7 Å². The van der Waals surface area contributed by atoms with Gasteiger partial charge in [0.1, 0.15) is 0 Å². The quantitative estimate of drug-likeness (QED) is 0.400. The minimum atomic E-state index is -3.16. The molecule has 0 unspecified atom stereocenters. The maximum atomic E-state index is 11.9. The molecule has 5 heterocycles. The van der Waals surface area contributed by atoms with Crippen molar-refractivity contribution < 1.29 is 13.2 Å². The molecule has 2 fully saturated rings. The third-order valence-electron chi connectivity index (χ3n) is 7.53. The SMILES string of the molecule is CN(C1CCN(Cc2cc3nc(-c4cccc5[nH]ccc45)nc(N4CCOCC4)c3s2)CC1)S(C)(=O)=O. The predicted molar refractivity (Wildman–Crippen MR) is 149 cm³/mol. The van der Waals surface area contributed by atoms with Gasteiger partial charge >= 0.3 is 0 Å². The van der Waals surface area contributed by atoms with E-state index in [1.165, 1.54) is 15.4 Å². The van der Waals surface area contributed by atoms with Gasteiger partial charge in [-0.2, -0.15) is 0 Å². The highest BCUT2D eigenvalue weighted by Gasteiger charge is 2.28. The lowest BCUT2D eigenvalue weighted by atomic mass is 10.1. The average molecular weight is 541 g/mol. The molecule has 3 aromatic heterocycles. The predicted octanol–water partition coefficient (Wildman–Crippen LogP) is 3.53. The molecule has 0 saturated carbocycles. The molecular formula is C26H32N6O3S2. The van der Waals surface area contributed by atoms with Crippen LogP contribution < -0.4 is 4.90 Å². The van der Waals surface area contributed by atoms with Crippen LogP contribution in [0.4, 0.5) is 5.82 Å². The van der Waals surface area contributed by atoms with Crippen LogP contribution in [0, 0.1) is 0 Å². The van der Waals surface area contributed by atoms with Crippen molar-refractivity contribution in [3.63, 3.8) is 0 Å². The number of likely N-dealkylation sites (tertiary alicyclic amines) is 1. The molecule has 37 heavy (non-hydrogen) atoms. The van der Waals surface area contributed by atoms with Crippen LogP contribution in [0.1, 0.15) is 17.7 Å². The van der Waals surface area contributed by atoms with Crippen molar-refractivity contribution in [3.8, 4) is 11.4 Å². The molecular weight excluding hydrogens is 508 g/mol. The summed E-state index contributed by atoms with van der Waals surface area (Å²) in [7, 11) is -1.47. The number of ether oxygens (including phenoxy) is 1. The Balaban J connectivity index is 1.31. The largest absolute Gasteiger partial charge is 0.378 e. The fourth-order valence-corrected chi connectivity index (χ4v) is 7.27. The number of hydrogen-bond acceptors (Lipinski definition) is 8. The number of H-pyrrole nitrogens is 1. The van der Waals surface area contributed by atoms with Crippen LogP contribution in [0.2, 0.25) is 0 Å². The van der Waals surface area contributed by atoms with Gasteiger partial charge in [0.05, 0.1) is 29.7 Å². The Morgan fingerprint density at radius 2 is 1.92 bits per heavy atom. The fourth-order valence-electron chi connectivity index (χ4n) is 5.36. The first-order valence-electron chi connectivity index (χ1n) is 12.7. The molecule has 2 aliphatic rings. The number of nitrogens with one attached hydrogen (secondary N) is 1. The van der Waals surface area contributed by atoms with Gasteiger partial charge < -0.3 is 14.6 Å². The molecule has 4 aromatic rings. The van der Waals surface area contributed by atoms with E-state index in [1.54, 1.807) is 18.4 Å². The van der Waals surface area contributed by atoms with Crippen molar-refractivity contribution in [2.24, 2.45) is 0 Å². The van der Waals surface area contributed by atoms with E-state index in [1.807, 2.05) is 12.3 Å². The summed E-state index contributed by atoms with van der Waals surface area (Å²) in [6.07, 6.45) is 4.93. The minimum Gasteiger partial charge on any atom is -0.378 e. The van der Waals surface area contributed by atoms with Gasteiger partial charge in [0.2, 0.25) is 10.0 Å². The Hall–Kier alpha value is -2.57. The van der Waals surface area contributed by atoms with Gasteiger partial charge in [-0.1, -0.05) is 12.1 Å². The molecule has 6 rings (SSSR count). The smallest absolute Gasteiger partial charge is 0.211 e. The molecule has 1 aromatic carbocycles. The second-order valence-corrected chi connectivity index (χ2v) is 13.1. The molecule has 9 nitrogen and oxygen atoms in total. The number of sulfonamides is 1. The second-order valence-electron chi connectivity index (χ2n) is 9.93. The molecule has 1 N–H and O–H groups in total. The summed E-state index contributed by atoms with van der Waals surface area (Å²) in [5.41, 5.74) is 3.08. The number of hydrogen-bond donors (Lipinski definition) is 1. The van der Waals surface area contributed by atoms with Gasteiger partial charge in [-0.3, -0.25) is 4.90 Å². The van der Waals surface area contributed by atoms with E-state index in [9.17, 15) is 8.42 Å². The number of nitrogens with zero attached hydrogens (tertiary/aromatic N) is 5. The van der Waals surface area contributed by atoms with Crippen LogP contribution >= 0.6 is 11.3 Å². The zero-order chi connectivity index (χ0) is 25.6. The van der Waals surface area contributed by atoms with Crippen molar-refractivity contribution in [1.82, 2.24) is 24.2 Å². The number of aromatic nitrogens is 3. The van der Waals surface area contributed by atoms with Gasteiger partial charge in [0.15, 0.2) is 11.6 Å². The fraction of sp³-hybridized carbons (Fsp3) is 0.462. The zero-order valence-corrected chi connectivity index (χ0v) is 22.8. The lowest BCUT2D eigenvalue weighted by Gasteiger charge is -2.35. The van der Waals surface area contributed by atoms with E-state index in [0.717, 1.165) is 83.9 Å². The summed E-state index contributed by atoms with van der Waals surface area (Å²) in [5.74, 6) is 1.73. The van der Waals surface area contributed by atoms with E-state index >= 15 is 0 Å². The van der Waals surface area contributed by atoms with Crippen LogP contribution in [-0.2, 0) is 21.3 Å². The number of benzene rings is 1. The molecule has 2 saturated heterocycles. The van der Waals surface area contributed by atoms with Crippen molar-refractivity contribution >= 4 is 48.3 Å². The number of thiophene rings is 1. The van der Waals surface area contributed by atoms with E-state index in [2.05, 4.69) is 39.0 Å². The first kappa shape index (κ1) is 24.7. The normalized spacial score (nSPS) is 18.4. The highest BCUT2D eigenvalue weighted by Crippen LogP contribution is 2.36. The van der Waals surface area contributed by atoms with Gasteiger partial charge in [-0.05, 0) is 31.0 Å². The third kappa shape index (κ3) is 4.98. The van der Waals surface area contributed by atoms with Crippen molar-refractivity contribution in [1.29, 1.82) is 0 Å². The second kappa shape index (κ2) is 9.95. The summed E-state index contributed by atoms with van der Waals surface area (Å²) < 4.78 is 32.1. The Morgan fingerprint density at radius 1 is 1.14 bits per heavy atom. The molecule has 196 valence electrons. The van der Waals surface area contributed by atoms with Crippen molar-refractivity contribution in [2.75, 3.05) is 57.6 Å². The van der Waals surface area contributed by atoms with Crippen LogP contribution in [0.15, 0.2) is 36.5 Å². The third-order valence-corrected chi connectivity index (χ3v) is 9.97. The lowest BCUT2D eigenvalue weighted by molar-refractivity contribution is 0.122. The molecule has 0 spiro atoms. The summed E-state index contributed by atoms with van der Waals surface area (Å²) >= 11 is 1.77. The Bertz CT molecular complexity index is 1520. The van der Waals surface area contributed by atoms with E-state index in [0.29, 0.717) is 13.2 Å². The van der Waals surface area contributed by atoms with Gasteiger partial charge in [0.25, 0.3) is 0 Å². The molecule has 2 aliphatic heterocycles. The first-order valence-corrected chi connectivity index (χ1v) is 15.4. The molecule has 0 bridgehead atoms. The minimum absolute atomic E-state index is 0.0751. The van der Waals surface area contributed by atoms with Gasteiger partial charge in [0, 0.05) is 73.4 Å². The monoisotopic (exact) mass is 540 g/mol. The Morgan fingerprint density at radius 3 is 2.68 bits per heavy atom. The number of aromatic amines is 1. The summed E-state index contributed by atoms with van der Waals surface area (Å²) in [4.78, 5) is 19.4. The zero-order valence-electron chi connectivity index (χ0n) is 21.2. The number of piperidine rings is 1. The highest BCUT2D eigenvalue weighted by atomic mass is 32.2. The highest BCUT2D eigenvalue weighted by molar-refractivity contribution is 7.88. The van der Waals surface area contributed by atoms with Gasteiger partial charge in [-0.15, -0.1) is 11.3 Å². The maximum absolute atomic E-state index is 11.9. The summed E-state index contributed by atoms with van der Waals surface area (Å²) in [6.45, 7) is 5.61. The molecule has 0 atom stereocenters. The summed E-state index contributed by atoms with van der Waals surface area (Å²) in [5, 5.41) is 1.12. The Labute approximate surface area is 221 Å². The number of rotatable bonds is 6. The van der Waals surface area contributed by atoms with E-state index < -0.39 is 10.0 Å². The van der Waals surface area contributed by atoms with Crippen molar-refractivity contribution in [3.05, 3.63) is 41.4 Å². The van der Waals surface area contributed by atoms with Crippen LogP contribution in [-0.4, -0.2) is 91.3 Å².